The maximum Gasteiger partial charge on any atom is 0.489 e. The molecule has 3 aromatic heterocycles. The number of carbonyl (C=O) groups excluding carboxylic acids is 2. The Hall–Kier alpha value is -6.74. The molecule has 5 aliphatic heterocycles. The van der Waals surface area contributed by atoms with E-state index in [1.165, 1.54) is 45.4 Å². The summed E-state index contributed by atoms with van der Waals surface area (Å²) in [5, 5.41) is 40.2. The normalized spacial score (nSPS) is 21.1. The molecule has 25 nitrogen and oxygen atoms in total. The Morgan fingerprint density at radius 1 is 0.510 bits per heavy atom. The summed E-state index contributed by atoms with van der Waals surface area (Å²) in [6.45, 7) is 9.30. The van der Waals surface area contributed by atoms with Gasteiger partial charge in [0.15, 0.2) is 17.5 Å². The minimum absolute atomic E-state index is 0. The minimum Gasteiger partial charge on any atom is -0.423 e. The van der Waals surface area contributed by atoms with E-state index in [0.29, 0.717) is 63.3 Å². The molecule has 5 fully saturated rings. The maximum absolute atomic E-state index is 13.5. The van der Waals surface area contributed by atoms with E-state index in [1.807, 2.05) is 21.9 Å². The molecule has 3 aromatic carbocycles. The molecule has 3 aliphatic carbocycles. The van der Waals surface area contributed by atoms with Gasteiger partial charge in [-0.05, 0) is 83.4 Å². The summed E-state index contributed by atoms with van der Waals surface area (Å²) < 4.78 is 161. The van der Waals surface area contributed by atoms with Crippen LogP contribution in [-0.4, -0.2) is 205 Å². The van der Waals surface area contributed by atoms with Gasteiger partial charge in [0.25, 0.3) is 17.8 Å². The number of rotatable bonds is 13. The average Bonchev–Trinajstić information content (AvgIpc) is 1.59. The zero-order valence-electron chi connectivity index (χ0n) is 55.4. The smallest absolute Gasteiger partial charge is 0.423 e. The Labute approximate surface area is 621 Å². The zero-order valence-corrected chi connectivity index (χ0v) is 60.9. The molecule has 2 amide bonds. The largest absolute Gasteiger partial charge is 0.489 e. The van der Waals surface area contributed by atoms with Gasteiger partial charge in [0, 0.05) is 182 Å². The highest BCUT2D eigenvalue weighted by Gasteiger charge is 2.61. The number of pyridine rings is 3. The molecule has 14 rings (SSSR count). The van der Waals surface area contributed by atoms with E-state index in [-0.39, 0.29) is 129 Å². The van der Waals surface area contributed by atoms with Crippen molar-refractivity contribution < 1.29 is 81.4 Å². The Kier molecular flexibility index (Phi) is 25.8. The number of halogens is 10. The molecule has 6 aromatic rings. The van der Waals surface area contributed by atoms with Crippen molar-refractivity contribution in [2.45, 2.75) is 85.5 Å². The van der Waals surface area contributed by atoms with Crippen LogP contribution in [0, 0.1) is 17.8 Å². The van der Waals surface area contributed by atoms with Crippen molar-refractivity contribution in [3.05, 3.63) is 128 Å². The second-order valence-electron chi connectivity index (χ2n) is 25.3. The highest BCUT2D eigenvalue weighted by molar-refractivity contribution is 7.95. The molecule has 8 heterocycles. The molecule has 3 unspecified atom stereocenters. The van der Waals surface area contributed by atoms with E-state index >= 15 is 0 Å². The van der Waals surface area contributed by atoms with Crippen molar-refractivity contribution in [2.75, 3.05) is 119 Å². The predicted octanol–water partition coefficient (Wildman–Crippen LogP) is 8.39. The third kappa shape index (κ3) is 18.1. The van der Waals surface area contributed by atoms with Crippen LogP contribution in [0.1, 0.15) is 64.7 Å². The number of alkyl halides is 6. The highest BCUT2D eigenvalue weighted by atomic mass is 35.5. The van der Waals surface area contributed by atoms with E-state index < -0.39 is 73.3 Å². The topological polar surface area (TPSA) is 297 Å². The highest BCUT2D eigenvalue weighted by Crippen LogP contribution is 2.54. The summed E-state index contributed by atoms with van der Waals surface area (Å²) >= 11 is 24.1. The minimum atomic E-state index is -3.97. The molecule has 39 heteroatoms. The molecule has 0 radical (unpaired) electrons. The lowest BCUT2D eigenvalue weighted by Crippen LogP contribution is -2.47. The first-order valence-electron chi connectivity index (χ1n) is 31.8. The number of hydrogen-bond acceptors (Lipinski definition) is 17. The molecule has 0 bridgehead atoms. The van der Waals surface area contributed by atoms with Crippen molar-refractivity contribution in [1.82, 2.24) is 35.0 Å². The third-order valence-corrected chi connectivity index (χ3v) is 24.8. The van der Waals surface area contributed by atoms with E-state index in [0.717, 1.165) is 70.7 Å². The van der Waals surface area contributed by atoms with Gasteiger partial charge in [-0.1, -0.05) is 85.5 Å². The monoisotopic (exact) mass is 1600 g/mol. The number of nitrogens with zero attached hydrogens (tertiary/aromatic N) is 12. The second-order valence-corrected chi connectivity index (χ2v) is 32.5. The van der Waals surface area contributed by atoms with Crippen LogP contribution in [0.15, 0.2) is 91.0 Å². The summed E-state index contributed by atoms with van der Waals surface area (Å²) in [5.74, 6) is -10.5. The predicted molar refractivity (Wildman–Crippen MR) is 391 cm³/mol. The number of amides is 2. The van der Waals surface area contributed by atoms with Gasteiger partial charge in [-0.2, -0.15) is 25.3 Å². The standard InChI is InChI=1S/C23H26ClF2N5O3S.C17H16ClF2N3O3S.C10H10ClF2N3O2S.C7H8BClO3.C6H12N2O.2CH4/c1-15(32)30-9-7-29(8-10-30)13-16-3-4-19(24)18(11-16)20-5-6-21-22(27-20)28(2)35(33,34)31(21)14-17-12-23(17,25)26;1-22-16-15(23(27(22,25)26)8-11-7-17(11,19)20)5-4-14(21-16)12-6-10(9-24)2-3-13(12)18;1-15-9-7(2-3-8(11)14-9)16(19(15,17)18)5-6-4-10(6,12)13;9-7-2-1-5(4-10)3-6(7)8(11)12;1-6(9)8-4-2-7-3-5-8;;/h3-6,11,17H,7-10,12-14H2,1-2H3;2-6,11,24H,7-9H2,1H3;2-3,6H,4-5H2,1H3;1-3,10-12H,4H2;7H,2-5H2,1H3;2*1H4. The molecule has 0 spiro atoms. The Morgan fingerprint density at radius 2 is 0.856 bits per heavy atom. The second kappa shape index (κ2) is 32.4. The lowest BCUT2D eigenvalue weighted by atomic mass is 9.79. The number of aliphatic hydroxyl groups excluding tert-OH is 2. The summed E-state index contributed by atoms with van der Waals surface area (Å²) in [6, 6.07) is 24.5. The van der Waals surface area contributed by atoms with Gasteiger partial charge in [-0.3, -0.25) is 14.5 Å². The van der Waals surface area contributed by atoms with Crippen LogP contribution in [0.4, 0.5) is 60.9 Å². The molecule has 3 atom stereocenters. The maximum atomic E-state index is 13.5. The molecule has 568 valence electrons. The number of piperazine rings is 2. The Balaban J connectivity index is 0.000000176. The van der Waals surface area contributed by atoms with Crippen LogP contribution in [0.2, 0.25) is 20.2 Å². The molecular weight excluding hydrogens is 1520 g/mol. The number of nitrogens with one attached hydrogen (secondary N) is 1. The molecule has 5 N–H and O–H groups in total. The number of aromatic nitrogens is 3. The van der Waals surface area contributed by atoms with Gasteiger partial charge in [-0.25, -0.2) is 67.1 Å². The lowest BCUT2D eigenvalue weighted by Gasteiger charge is -2.34. The summed E-state index contributed by atoms with van der Waals surface area (Å²) in [6.07, 6.45) is -0.901. The number of fused-ring (bicyclic) bond motifs is 3. The first kappa shape index (κ1) is 82.9. The fourth-order valence-electron chi connectivity index (χ4n) is 11.7. The molecular formula is C65H80BCl4F6N13O12S3. The summed E-state index contributed by atoms with van der Waals surface area (Å²) in [5.41, 5.74) is 5.42. The fourth-order valence-corrected chi connectivity index (χ4v) is 16.7. The van der Waals surface area contributed by atoms with E-state index in [9.17, 15) is 66.3 Å². The Bertz CT molecular complexity index is 4530. The van der Waals surface area contributed by atoms with Crippen molar-refractivity contribution >= 4 is 136 Å². The van der Waals surface area contributed by atoms with Gasteiger partial charge in [0.1, 0.15) is 5.15 Å². The van der Waals surface area contributed by atoms with Crippen molar-refractivity contribution in [2.24, 2.45) is 17.8 Å². The molecule has 2 saturated heterocycles. The quantitative estimate of drug-likeness (QED) is 0.0412. The summed E-state index contributed by atoms with van der Waals surface area (Å²) in [4.78, 5) is 41.1. The number of aliphatic hydroxyl groups is 2. The number of anilines is 6. The first-order valence-corrected chi connectivity index (χ1v) is 37.5. The van der Waals surface area contributed by atoms with Crippen LogP contribution >= 0.6 is 46.4 Å². The SMILES string of the molecule is C.C.CC(=O)N1CCN(Cc2ccc(Cl)c(-c3ccc4c(n3)N(C)S(=O)(=O)N4CC3CC3(F)F)c2)CC1.CC(=O)N1CCNCC1.CN1c2nc(-c3cc(CO)ccc3Cl)ccc2N(CC2CC2(F)F)S1(=O)=O.CN1c2nc(Cl)ccc2N(CC2CC2(F)F)S1(=O)=O.OCc1ccc(Cl)c(B(O)O)c1. The van der Waals surface area contributed by atoms with Crippen molar-refractivity contribution in [3.63, 3.8) is 0 Å². The van der Waals surface area contributed by atoms with E-state index in [4.69, 9.17) is 61.6 Å². The van der Waals surface area contributed by atoms with Gasteiger partial charge >= 0.3 is 37.7 Å². The van der Waals surface area contributed by atoms with Gasteiger partial charge in [-0.15, -0.1) is 0 Å². The average molecular weight is 1600 g/mol. The first-order chi connectivity index (χ1) is 47.8. The van der Waals surface area contributed by atoms with Crippen molar-refractivity contribution in [3.8, 4) is 22.5 Å². The molecule has 8 aliphatic rings. The van der Waals surface area contributed by atoms with Crippen molar-refractivity contribution in [1.29, 1.82) is 0 Å². The van der Waals surface area contributed by atoms with Gasteiger partial charge < -0.3 is 35.4 Å². The number of benzene rings is 3. The Morgan fingerprint density at radius 3 is 1.22 bits per heavy atom. The fraction of sp³-hybridized carbons (Fsp3) is 0.462. The van der Waals surface area contributed by atoms with Crippen LogP contribution < -0.4 is 36.6 Å². The summed E-state index contributed by atoms with van der Waals surface area (Å²) in [7, 11) is -9.33. The molecule has 104 heavy (non-hydrogen) atoms. The number of carbonyl (C=O) groups is 2. The van der Waals surface area contributed by atoms with Gasteiger partial charge in [0.2, 0.25) is 11.8 Å². The van der Waals surface area contributed by atoms with Gasteiger partial charge in [0.05, 0.1) is 41.7 Å². The van der Waals surface area contributed by atoms with E-state index in [2.05, 4.69) is 25.2 Å². The lowest BCUT2D eigenvalue weighted by molar-refractivity contribution is -0.131. The van der Waals surface area contributed by atoms with Crippen LogP contribution in [0.25, 0.3) is 22.5 Å². The third-order valence-electron chi connectivity index (χ3n) is 18.2. The van der Waals surface area contributed by atoms with Crippen LogP contribution in [0.5, 0.6) is 0 Å². The number of hydrogen-bond donors (Lipinski definition) is 5. The van der Waals surface area contributed by atoms with E-state index in [1.54, 1.807) is 68.4 Å². The van der Waals surface area contributed by atoms with Crippen LogP contribution in [0.3, 0.4) is 0 Å². The molecule has 3 saturated carbocycles. The van der Waals surface area contributed by atoms with Crippen LogP contribution in [-0.2, 0) is 60.0 Å². The zero-order chi connectivity index (χ0) is 74.5.